The molecule has 0 saturated carbocycles. The second kappa shape index (κ2) is 9.07. The number of aromatic nitrogens is 7. The number of imidazole rings is 1. The van der Waals surface area contributed by atoms with Gasteiger partial charge in [0.05, 0.1) is 6.54 Å². The highest BCUT2D eigenvalue weighted by atomic mass is 15.5. The number of nitrogens with one attached hydrogen (secondary N) is 1. The molecule has 0 fully saturated rings. The van der Waals surface area contributed by atoms with E-state index >= 15 is 0 Å². The number of H-pyrrole nitrogens is 1. The molecule has 0 radical (unpaired) electrons. The number of fused-ring (bicyclic) bond motifs is 1. The number of rotatable bonds is 6. The van der Waals surface area contributed by atoms with Crippen molar-refractivity contribution in [2.75, 3.05) is 0 Å². The topological polar surface area (TPSA) is 122 Å². The molecule has 0 unspecified atom stereocenters. The minimum atomic E-state index is 0. The van der Waals surface area contributed by atoms with E-state index in [1.165, 1.54) is 11.1 Å². The Labute approximate surface area is 186 Å². The zero-order valence-electron chi connectivity index (χ0n) is 18.6. The molecule has 0 bridgehead atoms. The molecule has 162 valence electrons. The van der Waals surface area contributed by atoms with Crippen LogP contribution in [-0.4, -0.2) is 35.2 Å². The van der Waals surface area contributed by atoms with Gasteiger partial charge >= 0.3 is 0 Å². The average molecular weight is 428 g/mol. The third-order valence-corrected chi connectivity index (χ3v) is 5.61. The van der Waals surface area contributed by atoms with Gasteiger partial charge in [0.2, 0.25) is 5.82 Å². The molecule has 3 aromatic heterocycles. The summed E-state index contributed by atoms with van der Waals surface area (Å²) in [6, 6.07) is 18.8. The van der Waals surface area contributed by atoms with Crippen LogP contribution in [0, 0.1) is 0 Å². The molecular weight excluding hydrogens is 400 g/mol. The molecule has 0 aliphatic heterocycles. The van der Waals surface area contributed by atoms with Crippen LogP contribution in [-0.2, 0) is 19.4 Å². The van der Waals surface area contributed by atoms with Gasteiger partial charge in [-0.05, 0) is 40.0 Å². The van der Waals surface area contributed by atoms with Crippen LogP contribution >= 0.6 is 0 Å². The highest BCUT2D eigenvalue weighted by molar-refractivity contribution is 5.80. The van der Waals surface area contributed by atoms with E-state index in [1.807, 2.05) is 24.4 Å². The van der Waals surface area contributed by atoms with Crippen molar-refractivity contribution in [3.8, 4) is 22.5 Å². The third-order valence-electron chi connectivity index (χ3n) is 5.61. The fourth-order valence-electron chi connectivity index (χ4n) is 4.01. The van der Waals surface area contributed by atoms with Crippen molar-refractivity contribution < 1.29 is 0 Å². The minimum absolute atomic E-state index is 0. The van der Waals surface area contributed by atoms with Crippen molar-refractivity contribution in [1.29, 1.82) is 0 Å². The maximum Gasteiger partial charge on any atom is 0.205 e. The second-order valence-corrected chi connectivity index (χ2v) is 7.44. The molecule has 5 aromatic rings. The van der Waals surface area contributed by atoms with E-state index in [9.17, 15) is 0 Å². The third kappa shape index (κ3) is 3.76. The van der Waals surface area contributed by atoms with Crippen LogP contribution < -0.4 is 6.15 Å². The number of aryl methyl sites for hydroxylation is 2. The molecule has 32 heavy (non-hydrogen) atoms. The quantitative estimate of drug-likeness (QED) is 0.402. The van der Waals surface area contributed by atoms with E-state index in [4.69, 9.17) is 4.98 Å². The monoisotopic (exact) mass is 427 g/mol. The van der Waals surface area contributed by atoms with Crippen molar-refractivity contribution in [2.24, 2.45) is 0 Å². The van der Waals surface area contributed by atoms with Crippen molar-refractivity contribution in [2.45, 2.75) is 33.2 Å². The van der Waals surface area contributed by atoms with E-state index in [1.54, 1.807) is 0 Å². The Morgan fingerprint density at radius 2 is 1.69 bits per heavy atom. The van der Waals surface area contributed by atoms with Crippen LogP contribution in [0.3, 0.4) is 0 Å². The molecule has 8 heteroatoms. The molecule has 0 saturated heterocycles. The second-order valence-electron chi connectivity index (χ2n) is 7.44. The summed E-state index contributed by atoms with van der Waals surface area (Å²) in [5, 5.41) is 14.5. The zero-order valence-corrected chi connectivity index (χ0v) is 18.6. The van der Waals surface area contributed by atoms with Crippen molar-refractivity contribution >= 4 is 11.2 Å². The van der Waals surface area contributed by atoms with E-state index in [-0.39, 0.29) is 6.15 Å². The van der Waals surface area contributed by atoms with Gasteiger partial charge in [-0.1, -0.05) is 62.4 Å². The van der Waals surface area contributed by atoms with Gasteiger partial charge in [0, 0.05) is 18.2 Å². The lowest BCUT2D eigenvalue weighted by molar-refractivity contribution is 0.746. The van der Waals surface area contributed by atoms with Crippen LogP contribution in [0.4, 0.5) is 0 Å². The normalized spacial score (nSPS) is 10.9. The summed E-state index contributed by atoms with van der Waals surface area (Å²) >= 11 is 0. The Morgan fingerprint density at radius 3 is 2.38 bits per heavy atom. The van der Waals surface area contributed by atoms with Gasteiger partial charge in [0.25, 0.3) is 0 Å². The number of nitrogens with zero attached hydrogens (tertiary/aromatic N) is 6. The number of quaternary nitrogens is 1. The van der Waals surface area contributed by atoms with Crippen LogP contribution in [0.5, 0.6) is 0 Å². The summed E-state index contributed by atoms with van der Waals surface area (Å²) in [5.74, 6) is 1.66. The molecule has 0 spiro atoms. The summed E-state index contributed by atoms with van der Waals surface area (Å²) < 4.78 is 2.23. The Bertz CT molecular complexity index is 1320. The molecule has 0 aliphatic carbocycles. The number of tetrazole rings is 1. The van der Waals surface area contributed by atoms with Crippen LogP contribution in [0.15, 0.2) is 60.8 Å². The lowest BCUT2D eigenvalue weighted by Gasteiger charge is -2.10. The summed E-state index contributed by atoms with van der Waals surface area (Å²) in [6.07, 6.45) is 3.71. The predicted molar refractivity (Wildman–Crippen MR) is 126 cm³/mol. The van der Waals surface area contributed by atoms with E-state index < -0.39 is 0 Å². The fourth-order valence-corrected chi connectivity index (χ4v) is 4.01. The maximum atomic E-state index is 4.88. The van der Waals surface area contributed by atoms with Gasteiger partial charge in [-0.3, -0.25) is 0 Å². The van der Waals surface area contributed by atoms with Crippen LogP contribution in [0.1, 0.15) is 30.8 Å². The molecule has 2 aromatic carbocycles. The zero-order chi connectivity index (χ0) is 21.2. The first-order valence-electron chi connectivity index (χ1n) is 10.5. The molecule has 0 atom stereocenters. The average Bonchev–Trinajstić information content (AvgIpc) is 3.48. The molecule has 8 nitrogen and oxygen atoms in total. The lowest BCUT2D eigenvalue weighted by Crippen LogP contribution is -2.05. The SMILES string of the molecule is CCc1ccnc2c1nc(CC)n2Cc1ccc(-c2ccccc2-c2nn[nH]n2)cc1.[NH4+]. The Kier molecular flexibility index (Phi) is 6.04. The van der Waals surface area contributed by atoms with Crippen LogP contribution in [0.25, 0.3) is 33.7 Å². The van der Waals surface area contributed by atoms with Gasteiger partial charge in [-0.15, -0.1) is 10.2 Å². The fraction of sp³-hybridized carbons (Fsp3) is 0.208. The molecular formula is C24H27N8+. The highest BCUT2D eigenvalue weighted by Gasteiger charge is 2.14. The Balaban J connectivity index is 0.00000245. The lowest BCUT2D eigenvalue weighted by atomic mass is 9.98. The van der Waals surface area contributed by atoms with Crippen molar-refractivity contribution in [3.63, 3.8) is 0 Å². The summed E-state index contributed by atoms with van der Waals surface area (Å²) in [7, 11) is 0. The summed E-state index contributed by atoms with van der Waals surface area (Å²) in [6.45, 7) is 5.04. The number of hydrogen-bond acceptors (Lipinski definition) is 5. The maximum absolute atomic E-state index is 4.88. The molecule has 0 amide bonds. The predicted octanol–water partition coefficient (Wildman–Crippen LogP) is 4.83. The number of aromatic amines is 1. The highest BCUT2D eigenvalue weighted by Crippen LogP contribution is 2.30. The molecule has 5 rings (SSSR count). The van der Waals surface area contributed by atoms with E-state index in [2.05, 4.69) is 80.4 Å². The van der Waals surface area contributed by atoms with Crippen LogP contribution in [0.2, 0.25) is 0 Å². The minimum Gasteiger partial charge on any atom is -0.369 e. The van der Waals surface area contributed by atoms with E-state index in [0.29, 0.717) is 5.82 Å². The first-order valence-corrected chi connectivity index (χ1v) is 10.5. The van der Waals surface area contributed by atoms with Gasteiger partial charge in [-0.25, -0.2) is 9.97 Å². The van der Waals surface area contributed by atoms with E-state index in [0.717, 1.165) is 53.1 Å². The Morgan fingerprint density at radius 1 is 0.906 bits per heavy atom. The standard InChI is InChI=1S/C24H23N7.H3N/c1-3-17-13-14-25-24-22(17)26-21(4-2)31(24)15-16-9-11-18(12-10-16)19-7-5-6-8-20(19)23-27-29-30-28-23;/h5-14H,3-4,15H2,1-2H3,(H,27,28,29,30);1H3/p+1. The molecule has 5 N–H and O–H groups in total. The molecule has 3 heterocycles. The van der Waals surface area contributed by atoms with Gasteiger partial charge in [-0.2, -0.15) is 5.21 Å². The smallest absolute Gasteiger partial charge is 0.205 e. The summed E-state index contributed by atoms with van der Waals surface area (Å²) in [5.41, 5.74) is 7.57. The molecule has 0 aliphatic rings. The first kappa shape index (κ1) is 21.3. The van der Waals surface area contributed by atoms with Gasteiger partial charge in [0.15, 0.2) is 5.65 Å². The van der Waals surface area contributed by atoms with Crippen molar-refractivity contribution in [3.05, 3.63) is 77.7 Å². The Hall–Kier alpha value is -3.91. The summed E-state index contributed by atoms with van der Waals surface area (Å²) in [4.78, 5) is 9.52. The largest absolute Gasteiger partial charge is 0.369 e. The van der Waals surface area contributed by atoms with Gasteiger partial charge < -0.3 is 10.7 Å². The van der Waals surface area contributed by atoms with Crippen molar-refractivity contribution in [1.82, 2.24) is 41.3 Å². The first-order chi connectivity index (χ1) is 15.3. The number of benzene rings is 2. The number of pyridine rings is 1. The number of hydrogen-bond donors (Lipinski definition) is 2. The van der Waals surface area contributed by atoms with Gasteiger partial charge in [0.1, 0.15) is 11.3 Å².